The van der Waals surface area contributed by atoms with Gasteiger partial charge < -0.3 is 10.6 Å². The van der Waals surface area contributed by atoms with Crippen molar-refractivity contribution in [2.75, 3.05) is 11.9 Å². The molecule has 16 heavy (non-hydrogen) atoms. The Morgan fingerprint density at radius 2 is 2.44 bits per heavy atom. The summed E-state index contributed by atoms with van der Waals surface area (Å²) < 4.78 is 0. The second-order valence-electron chi connectivity index (χ2n) is 3.10. The molecule has 1 fully saturated rings. The monoisotopic (exact) mass is 239 g/mol. The van der Waals surface area contributed by atoms with Crippen molar-refractivity contribution in [1.29, 1.82) is 0 Å². The van der Waals surface area contributed by atoms with Crippen molar-refractivity contribution in [3.8, 4) is 12.8 Å². The van der Waals surface area contributed by atoms with Crippen LogP contribution in [0.15, 0.2) is 11.6 Å². The highest BCUT2D eigenvalue weighted by atomic mass is 32.1. The van der Waals surface area contributed by atoms with Gasteiger partial charge in [-0.05, 0) is 26.3 Å². The first kappa shape index (κ1) is 14.6. The number of hydrogen-bond acceptors (Lipinski definition) is 4. The number of nitrogens with one attached hydrogen (secondary N) is 2. The maximum Gasteiger partial charge on any atom is 0.213 e. The molecule has 1 aliphatic rings. The molecule has 2 heterocycles. The molecule has 5 heteroatoms. The lowest BCUT2D eigenvalue weighted by molar-refractivity contribution is -0.105. The fourth-order valence-electron chi connectivity index (χ4n) is 1.20. The molecule has 1 aromatic rings. The van der Waals surface area contributed by atoms with E-state index < -0.39 is 0 Å². The van der Waals surface area contributed by atoms with E-state index in [0.717, 1.165) is 6.04 Å². The number of terminal acetylenes is 1. The number of hydrogen-bond donors (Lipinski definition) is 2. The van der Waals surface area contributed by atoms with Crippen LogP contribution in [-0.4, -0.2) is 24.0 Å². The molecule has 1 saturated heterocycles. The van der Waals surface area contributed by atoms with Gasteiger partial charge in [0.05, 0.1) is 0 Å². The van der Waals surface area contributed by atoms with Gasteiger partial charge in [-0.25, -0.2) is 4.98 Å². The van der Waals surface area contributed by atoms with Crippen LogP contribution in [0.25, 0.3) is 0 Å². The topological polar surface area (TPSA) is 54.0 Å². The fraction of sp³-hybridized carbons (Fsp3) is 0.455. The maximum absolute atomic E-state index is 9.73. The van der Waals surface area contributed by atoms with Gasteiger partial charge in [-0.3, -0.25) is 4.79 Å². The average molecular weight is 239 g/mol. The molecule has 0 aromatic carbocycles. The van der Waals surface area contributed by atoms with E-state index in [2.05, 4.69) is 35.4 Å². The Labute approximate surface area is 100 Å². The van der Waals surface area contributed by atoms with Crippen molar-refractivity contribution in [3.05, 3.63) is 11.6 Å². The molecule has 1 aromatic heterocycles. The van der Waals surface area contributed by atoms with E-state index in [1.165, 1.54) is 30.7 Å². The minimum atomic E-state index is 0.610. The average Bonchev–Trinajstić information content (AvgIpc) is 2.96. The molecular weight excluding hydrogens is 222 g/mol. The predicted molar refractivity (Wildman–Crippen MR) is 68.4 cm³/mol. The van der Waals surface area contributed by atoms with E-state index in [4.69, 9.17) is 0 Å². The summed E-state index contributed by atoms with van der Waals surface area (Å²) in [5.74, 6) is 0. The first-order chi connectivity index (χ1) is 7.83. The van der Waals surface area contributed by atoms with Crippen molar-refractivity contribution >= 4 is 22.9 Å². The van der Waals surface area contributed by atoms with Gasteiger partial charge in [-0.15, -0.1) is 24.2 Å². The standard InChI is InChI=1S/C5H11N.C4H4N2OS.C2H2/c1-5-3-2-4-6-5;7-3-6-4-5-1-2-8-4;1-2/h5-6H,2-4H2,1H3;1-3H,(H,5,6,7);1-2H/t5-;;/m0../s1. The predicted octanol–water partition coefficient (Wildman–Crippen LogP) is 1.72. The van der Waals surface area contributed by atoms with E-state index in [0.29, 0.717) is 11.5 Å². The van der Waals surface area contributed by atoms with E-state index in [-0.39, 0.29) is 0 Å². The number of carbonyl (C=O) groups is 1. The van der Waals surface area contributed by atoms with Gasteiger partial charge >= 0.3 is 0 Å². The highest BCUT2D eigenvalue weighted by molar-refractivity contribution is 7.13. The molecule has 1 atom stereocenters. The number of carbonyl (C=O) groups excluding carboxylic acids is 1. The Bertz CT molecular complexity index is 279. The van der Waals surface area contributed by atoms with Crippen molar-refractivity contribution in [2.45, 2.75) is 25.8 Å². The summed E-state index contributed by atoms with van der Waals surface area (Å²) in [5, 5.41) is 8.17. The fourth-order valence-corrected chi connectivity index (χ4v) is 1.69. The molecule has 0 unspecified atom stereocenters. The maximum atomic E-state index is 9.73. The molecule has 88 valence electrons. The van der Waals surface area contributed by atoms with Gasteiger partial charge in [-0.1, -0.05) is 0 Å². The molecule has 0 radical (unpaired) electrons. The number of anilines is 1. The number of aromatic nitrogens is 1. The van der Waals surface area contributed by atoms with Crippen LogP contribution in [0.2, 0.25) is 0 Å². The molecule has 2 rings (SSSR count). The highest BCUT2D eigenvalue weighted by Gasteiger charge is 2.05. The summed E-state index contributed by atoms with van der Waals surface area (Å²) in [7, 11) is 0. The van der Waals surface area contributed by atoms with E-state index >= 15 is 0 Å². The third-order valence-electron chi connectivity index (χ3n) is 1.92. The third-order valence-corrected chi connectivity index (χ3v) is 2.63. The second-order valence-corrected chi connectivity index (χ2v) is 3.99. The third kappa shape index (κ3) is 6.98. The largest absolute Gasteiger partial charge is 0.314 e. The van der Waals surface area contributed by atoms with Crippen LogP contribution in [0.5, 0.6) is 0 Å². The van der Waals surface area contributed by atoms with Gasteiger partial charge in [0.1, 0.15) is 0 Å². The van der Waals surface area contributed by atoms with E-state index in [9.17, 15) is 4.79 Å². The quantitative estimate of drug-likeness (QED) is 0.610. The van der Waals surface area contributed by atoms with Gasteiger partial charge in [0.2, 0.25) is 6.41 Å². The van der Waals surface area contributed by atoms with Crippen LogP contribution in [0, 0.1) is 12.8 Å². The first-order valence-corrected chi connectivity index (χ1v) is 5.87. The minimum absolute atomic E-state index is 0.610. The van der Waals surface area contributed by atoms with Crippen LogP contribution in [0.3, 0.4) is 0 Å². The lowest BCUT2D eigenvalue weighted by atomic mass is 10.3. The van der Waals surface area contributed by atoms with Crippen LogP contribution >= 0.6 is 11.3 Å². The zero-order valence-corrected chi connectivity index (χ0v) is 10.2. The Kier molecular flexibility index (Phi) is 9.27. The molecule has 0 saturated carbocycles. The smallest absolute Gasteiger partial charge is 0.213 e. The molecular formula is C11H17N3OS. The molecule has 0 bridgehead atoms. The lowest BCUT2D eigenvalue weighted by Gasteiger charge is -1.95. The second kappa shape index (κ2) is 10.1. The molecule has 2 N–H and O–H groups in total. The van der Waals surface area contributed by atoms with Crippen LogP contribution in [-0.2, 0) is 4.79 Å². The summed E-state index contributed by atoms with van der Waals surface area (Å²) in [6.07, 6.45) is 13.0. The Morgan fingerprint density at radius 3 is 2.75 bits per heavy atom. The molecule has 4 nitrogen and oxygen atoms in total. The molecule has 1 amide bonds. The highest BCUT2D eigenvalue weighted by Crippen LogP contribution is 2.07. The number of nitrogens with zero attached hydrogens (tertiary/aromatic N) is 1. The van der Waals surface area contributed by atoms with Gasteiger partial charge in [0, 0.05) is 17.6 Å². The van der Waals surface area contributed by atoms with Crippen molar-refractivity contribution < 1.29 is 4.79 Å². The number of amides is 1. The van der Waals surface area contributed by atoms with Crippen LogP contribution < -0.4 is 10.6 Å². The zero-order valence-electron chi connectivity index (χ0n) is 9.35. The Balaban J connectivity index is 0.000000251. The molecule has 0 aliphatic carbocycles. The SMILES string of the molecule is C#C.C[C@H]1CCCN1.O=CNc1nccs1. The summed E-state index contributed by atoms with van der Waals surface area (Å²) in [6.45, 7) is 3.47. The van der Waals surface area contributed by atoms with Crippen molar-refractivity contribution in [1.82, 2.24) is 10.3 Å². The zero-order chi connectivity index (χ0) is 12.2. The normalized spacial score (nSPS) is 17.3. The van der Waals surface area contributed by atoms with Gasteiger partial charge in [0.15, 0.2) is 5.13 Å². The first-order valence-electron chi connectivity index (χ1n) is 4.99. The Morgan fingerprint density at radius 1 is 1.69 bits per heavy atom. The summed E-state index contributed by atoms with van der Waals surface area (Å²) in [5.41, 5.74) is 0. The van der Waals surface area contributed by atoms with Crippen molar-refractivity contribution in [3.63, 3.8) is 0 Å². The van der Waals surface area contributed by atoms with Crippen LogP contribution in [0.4, 0.5) is 5.13 Å². The van der Waals surface area contributed by atoms with Gasteiger partial charge in [0.25, 0.3) is 0 Å². The number of rotatable bonds is 2. The number of thiazole rings is 1. The van der Waals surface area contributed by atoms with E-state index in [1.54, 1.807) is 11.6 Å². The summed E-state index contributed by atoms with van der Waals surface area (Å²) in [6, 6.07) is 0.796. The molecule has 0 spiro atoms. The lowest BCUT2D eigenvalue weighted by Crippen LogP contribution is -2.16. The summed E-state index contributed by atoms with van der Waals surface area (Å²) >= 11 is 1.39. The Hall–Kier alpha value is -1.38. The van der Waals surface area contributed by atoms with E-state index in [1.807, 2.05) is 0 Å². The summed E-state index contributed by atoms with van der Waals surface area (Å²) in [4.78, 5) is 13.5. The van der Waals surface area contributed by atoms with Gasteiger partial charge in [-0.2, -0.15) is 0 Å². The van der Waals surface area contributed by atoms with Crippen LogP contribution in [0.1, 0.15) is 19.8 Å². The molecule has 1 aliphatic heterocycles. The minimum Gasteiger partial charge on any atom is -0.314 e. The van der Waals surface area contributed by atoms with Crippen molar-refractivity contribution in [2.24, 2.45) is 0 Å².